The van der Waals surface area contributed by atoms with Gasteiger partial charge in [-0.1, -0.05) is 36.9 Å². The van der Waals surface area contributed by atoms with Crippen molar-refractivity contribution < 1.29 is 4.74 Å². The van der Waals surface area contributed by atoms with Gasteiger partial charge < -0.3 is 4.74 Å². The third-order valence-corrected chi connectivity index (χ3v) is 1.63. The molecular formula is C12H11ClN2O. The van der Waals surface area contributed by atoms with Gasteiger partial charge in [-0.15, -0.1) is 0 Å². The van der Waals surface area contributed by atoms with Crippen LogP contribution < -0.4 is 4.74 Å². The maximum absolute atomic E-state index is 7.06. The summed E-state index contributed by atoms with van der Waals surface area (Å²) in [5, 5.41) is 6.73. The smallest absolute Gasteiger partial charge is 0.221 e. The van der Waals surface area contributed by atoms with Gasteiger partial charge in [-0.2, -0.15) is 4.99 Å². The van der Waals surface area contributed by atoms with Crippen LogP contribution in [0.4, 0.5) is 0 Å². The van der Waals surface area contributed by atoms with Crippen LogP contribution in [0.25, 0.3) is 0 Å². The summed E-state index contributed by atoms with van der Waals surface area (Å²) in [6.07, 6.45) is 4.82. The first-order valence-corrected chi connectivity index (χ1v) is 4.95. The number of para-hydroxylation sites is 1. The van der Waals surface area contributed by atoms with Crippen molar-refractivity contribution in [3.8, 4) is 5.75 Å². The molecule has 16 heavy (non-hydrogen) atoms. The zero-order valence-corrected chi connectivity index (χ0v) is 9.32. The Labute approximate surface area is 99.2 Å². The number of aliphatic imine (C=N–C) groups is 1. The van der Waals surface area contributed by atoms with Gasteiger partial charge in [-0.25, -0.2) is 0 Å². The van der Waals surface area contributed by atoms with Crippen LogP contribution in [0.2, 0.25) is 0 Å². The molecule has 0 radical (unpaired) electrons. The molecule has 0 aliphatic rings. The van der Waals surface area contributed by atoms with Gasteiger partial charge in [0.25, 0.3) is 0 Å². The van der Waals surface area contributed by atoms with E-state index in [1.165, 1.54) is 0 Å². The van der Waals surface area contributed by atoms with Crippen LogP contribution >= 0.6 is 11.6 Å². The van der Waals surface area contributed by atoms with Crippen molar-refractivity contribution >= 4 is 22.8 Å². The second-order valence-electron chi connectivity index (χ2n) is 2.75. The second-order valence-corrected chi connectivity index (χ2v) is 3.11. The summed E-state index contributed by atoms with van der Waals surface area (Å²) in [5.41, 5.74) is 0. The van der Waals surface area contributed by atoms with Crippen molar-refractivity contribution in [2.24, 2.45) is 4.99 Å². The van der Waals surface area contributed by atoms with Crippen molar-refractivity contribution in [3.63, 3.8) is 0 Å². The van der Waals surface area contributed by atoms with Crippen molar-refractivity contribution in [1.29, 1.82) is 5.41 Å². The molecule has 0 bridgehead atoms. The molecule has 1 rings (SSSR count). The van der Waals surface area contributed by atoms with E-state index in [0.717, 1.165) is 0 Å². The zero-order valence-electron chi connectivity index (χ0n) is 8.56. The summed E-state index contributed by atoms with van der Waals surface area (Å²) >= 11 is 5.37. The molecule has 1 aromatic rings. The lowest BCUT2D eigenvalue weighted by atomic mass is 10.3. The van der Waals surface area contributed by atoms with Crippen molar-refractivity contribution in [2.45, 2.75) is 0 Å². The molecule has 0 unspecified atom stereocenters. The number of halogens is 1. The van der Waals surface area contributed by atoms with E-state index in [2.05, 4.69) is 11.6 Å². The fourth-order valence-corrected chi connectivity index (χ4v) is 1.03. The molecule has 82 valence electrons. The van der Waals surface area contributed by atoms with Gasteiger partial charge in [0.05, 0.1) is 0 Å². The first-order valence-electron chi connectivity index (χ1n) is 4.57. The van der Waals surface area contributed by atoms with Crippen molar-refractivity contribution in [2.75, 3.05) is 0 Å². The maximum atomic E-state index is 7.06. The maximum Gasteiger partial charge on any atom is 0.221 e. The van der Waals surface area contributed by atoms with E-state index in [0.29, 0.717) is 5.75 Å². The summed E-state index contributed by atoms with van der Waals surface area (Å²) in [4.78, 5) is 3.72. The fourth-order valence-electron chi connectivity index (χ4n) is 0.950. The Morgan fingerprint density at radius 3 is 2.62 bits per heavy atom. The number of amidine groups is 1. The summed E-state index contributed by atoms with van der Waals surface area (Å²) < 4.78 is 5.42. The molecule has 1 N–H and O–H groups in total. The van der Waals surface area contributed by atoms with E-state index in [1.54, 1.807) is 30.4 Å². The Morgan fingerprint density at radius 1 is 1.38 bits per heavy atom. The fraction of sp³-hybridized carbons (Fsp3) is 0. The van der Waals surface area contributed by atoms with E-state index in [1.807, 2.05) is 18.2 Å². The highest BCUT2D eigenvalue weighted by Gasteiger charge is 1.98. The minimum Gasteiger partial charge on any atom is -0.439 e. The normalized spacial score (nSPS) is 11.4. The molecule has 1 aromatic carbocycles. The number of ether oxygens (including phenoxy) is 1. The van der Waals surface area contributed by atoms with E-state index in [9.17, 15) is 0 Å². The van der Waals surface area contributed by atoms with Gasteiger partial charge in [-0.3, -0.25) is 5.41 Å². The minimum atomic E-state index is -0.334. The molecule has 0 fully saturated rings. The Balaban J connectivity index is 2.83. The average molecular weight is 235 g/mol. The Hall–Kier alpha value is -1.87. The van der Waals surface area contributed by atoms with Gasteiger partial charge in [0.1, 0.15) is 5.75 Å². The summed E-state index contributed by atoms with van der Waals surface area (Å²) in [5.74, 6) is 0.874. The number of nitrogens with one attached hydrogen (secondary N) is 1. The first-order chi connectivity index (χ1) is 7.72. The average Bonchev–Trinajstić information content (AvgIpc) is 2.26. The molecule has 4 heteroatoms. The molecule has 3 nitrogen and oxygen atoms in total. The third kappa shape index (κ3) is 4.57. The van der Waals surface area contributed by atoms with Crippen LogP contribution in [-0.2, 0) is 0 Å². The van der Waals surface area contributed by atoms with E-state index >= 15 is 0 Å². The molecule has 0 heterocycles. The van der Waals surface area contributed by atoms with Crippen molar-refractivity contribution in [3.05, 3.63) is 55.1 Å². The highest BCUT2D eigenvalue weighted by molar-refractivity contribution is 6.64. The number of benzene rings is 1. The molecule has 0 spiro atoms. The van der Waals surface area contributed by atoms with E-state index < -0.39 is 0 Å². The standard InChI is InChI=1S/C12H11ClN2O/c1-2-3-9-11(15-12(13)14)16-10-7-5-4-6-8-10/h2-9,14H,1H2/b9-3+,14-12?,15-11+. The quantitative estimate of drug-likeness (QED) is 0.371. The number of rotatable bonds is 3. The van der Waals surface area contributed by atoms with Crippen LogP contribution in [0.15, 0.2) is 60.1 Å². The number of allylic oxidation sites excluding steroid dienone is 2. The van der Waals surface area contributed by atoms with Crippen LogP contribution in [0.3, 0.4) is 0 Å². The van der Waals surface area contributed by atoms with E-state index in [4.69, 9.17) is 21.7 Å². The number of hydrogen-bond donors (Lipinski definition) is 1. The predicted molar refractivity (Wildman–Crippen MR) is 67.4 cm³/mol. The van der Waals surface area contributed by atoms with Gasteiger partial charge >= 0.3 is 0 Å². The van der Waals surface area contributed by atoms with Gasteiger partial charge in [-0.05, 0) is 23.7 Å². The minimum absolute atomic E-state index is 0.242. The highest BCUT2D eigenvalue weighted by Crippen LogP contribution is 2.09. The van der Waals surface area contributed by atoms with Crippen LogP contribution in [0, 0.1) is 5.41 Å². The Bertz CT molecular complexity index is 424. The molecule has 0 saturated carbocycles. The lowest BCUT2D eigenvalue weighted by molar-refractivity contribution is 0.556. The molecule has 0 aliphatic carbocycles. The molecule has 0 aromatic heterocycles. The number of hydrogen-bond acceptors (Lipinski definition) is 2. The van der Waals surface area contributed by atoms with Gasteiger partial charge in [0, 0.05) is 6.08 Å². The second kappa shape index (κ2) is 6.58. The van der Waals surface area contributed by atoms with Gasteiger partial charge in [0.2, 0.25) is 11.2 Å². The monoisotopic (exact) mass is 234 g/mol. The highest BCUT2D eigenvalue weighted by atomic mass is 35.5. The zero-order chi connectivity index (χ0) is 11.8. The van der Waals surface area contributed by atoms with Crippen LogP contribution in [-0.4, -0.2) is 11.2 Å². The first kappa shape index (κ1) is 12.2. The van der Waals surface area contributed by atoms with Gasteiger partial charge in [0.15, 0.2) is 0 Å². The predicted octanol–water partition coefficient (Wildman–Crippen LogP) is 3.38. The van der Waals surface area contributed by atoms with Crippen LogP contribution in [0.5, 0.6) is 5.75 Å². The molecule has 0 atom stereocenters. The number of nitrogens with zero attached hydrogens (tertiary/aromatic N) is 1. The summed E-state index contributed by atoms with van der Waals surface area (Å²) in [6.45, 7) is 3.53. The molecular weight excluding hydrogens is 224 g/mol. The summed E-state index contributed by atoms with van der Waals surface area (Å²) in [6, 6.07) is 9.14. The Morgan fingerprint density at radius 2 is 2.06 bits per heavy atom. The summed E-state index contributed by atoms with van der Waals surface area (Å²) in [7, 11) is 0. The molecule has 0 saturated heterocycles. The lowest BCUT2D eigenvalue weighted by Crippen LogP contribution is -2.06. The SMILES string of the molecule is C=C/C=C/C(=N\C(=N)Cl)Oc1ccccc1. The van der Waals surface area contributed by atoms with Crippen LogP contribution in [0.1, 0.15) is 0 Å². The largest absolute Gasteiger partial charge is 0.439 e. The van der Waals surface area contributed by atoms with E-state index in [-0.39, 0.29) is 11.2 Å². The Kier molecular flexibility index (Phi) is 5.02. The molecule has 0 amide bonds. The third-order valence-electron chi connectivity index (χ3n) is 1.55. The topological polar surface area (TPSA) is 45.4 Å². The lowest BCUT2D eigenvalue weighted by Gasteiger charge is -2.03. The molecule has 0 aliphatic heterocycles. The van der Waals surface area contributed by atoms with Crippen molar-refractivity contribution in [1.82, 2.24) is 0 Å².